The fraction of sp³-hybridized carbons (Fsp3) is 0.647. The molecule has 7 heteroatoms. The van der Waals surface area contributed by atoms with Gasteiger partial charge >= 0.3 is 10.1 Å². The van der Waals surface area contributed by atoms with Gasteiger partial charge in [-0.1, -0.05) is 22.6 Å². The predicted octanol–water partition coefficient (Wildman–Crippen LogP) is 3.40. The van der Waals surface area contributed by atoms with E-state index in [0.29, 0.717) is 16.7 Å². The van der Waals surface area contributed by atoms with Crippen molar-refractivity contribution in [3.05, 3.63) is 35.0 Å². The minimum atomic E-state index is -4.04. The maximum atomic E-state index is 12.4. The van der Waals surface area contributed by atoms with Gasteiger partial charge in [-0.15, -0.1) is 0 Å². The van der Waals surface area contributed by atoms with Crippen LogP contribution in [0.15, 0.2) is 34.4 Å². The van der Waals surface area contributed by atoms with Gasteiger partial charge in [-0.05, 0) is 63.0 Å². The summed E-state index contributed by atoms with van der Waals surface area (Å²) in [6.07, 6.45) is 5.56. The molecule has 6 nitrogen and oxygen atoms in total. The van der Waals surface area contributed by atoms with Crippen LogP contribution in [-0.2, 0) is 14.4 Å². The third-order valence-corrected chi connectivity index (χ3v) is 7.07. The van der Waals surface area contributed by atoms with Crippen LogP contribution in [0.3, 0.4) is 0 Å². The molecule has 0 radical (unpaired) electrons. The third kappa shape index (κ3) is 2.79. The Kier molecular flexibility index (Phi) is 3.78. The smallest absolute Gasteiger partial charge is 0.363 e. The van der Waals surface area contributed by atoms with E-state index < -0.39 is 10.1 Å². The second kappa shape index (κ2) is 5.72. The van der Waals surface area contributed by atoms with Gasteiger partial charge in [0.2, 0.25) is 5.28 Å². The van der Waals surface area contributed by atoms with Crippen molar-refractivity contribution in [2.45, 2.75) is 50.0 Å². The molecule has 0 aromatic heterocycles. The van der Waals surface area contributed by atoms with Gasteiger partial charge in [-0.25, -0.2) is 4.28 Å². The van der Waals surface area contributed by atoms with E-state index in [9.17, 15) is 13.6 Å². The average Bonchev–Trinajstić information content (AvgIpc) is 2.52. The van der Waals surface area contributed by atoms with E-state index in [-0.39, 0.29) is 10.9 Å². The van der Waals surface area contributed by atoms with Gasteiger partial charge in [0.25, 0.3) is 0 Å². The summed E-state index contributed by atoms with van der Waals surface area (Å²) in [5.41, 5.74) is 0.949. The number of hydrogen-bond acceptors (Lipinski definition) is 5. The zero-order valence-corrected chi connectivity index (χ0v) is 14.5. The number of benzene rings is 1. The topological polar surface area (TPSA) is 81.8 Å². The van der Waals surface area contributed by atoms with Crippen LogP contribution in [-0.4, -0.2) is 19.3 Å². The van der Waals surface area contributed by atoms with Crippen molar-refractivity contribution in [1.82, 2.24) is 0 Å². The molecule has 0 aliphatic heterocycles. The Morgan fingerprint density at radius 1 is 1.04 bits per heavy atom. The van der Waals surface area contributed by atoms with Crippen molar-refractivity contribution >= 4 is 10.1 Å². The Morgan fingerprint density at radius 2 is 1.58 bits per heavy atom. The summed E-state index contributed by atoms with van der Waals surface area (Å²) in [5, 5.41) is 15.9. The van der Waals surface area contributed by atoms with E-state index in [1.165, 1.54) is 18.6 Å². The van der Waals surface area contributed by atoms with Gasteiger partial charge in [-0.2, -0.15) is 8.42 Å². The normalized spacial score (nSPS) is 35.2. The van der Waals surface area contributed by atoms with Crippen LogP contribution in [0.1, 0.15) is 37.7 Å². The molecule has 0 heterocycles. The zero-order valence-electron chi connectivity index (χ0n) is 13.7. The van der Waals surface area contributed by atoms with E-state index in [2.05, 4.69) is 9.56 Å². The lowest BCUT2D eigenvalue weighted by molar-refractivity contribution is -0.612. The summed E-state index contributed by atoms with van der Waals surface area (Å²) in [4.78, 5) is 0.536. The second-order valence-corrected chi connectivity index (χ2v) is 9.18. The van der Waals surface area contributed by atoms with Crippen molar-refractivity contribution in [2.75, 3.05) is 0 Å². The number of hydrogen-bond donors (Lipinski definition) is 0. The fourth-order valence-electron chi connectivity index (χ4n) is 5.14. The predicted molar refractivity (Wildman–Crippen MR) is 86.3 cm³/mol. The van der Waals surface area contributed by atoms with Crippen molar-refractivity contribution in [1.29, 1.82) is 0 Å². The molecule has 4 bridgehead atoms. The maximum Gasteiger partial charge on any atom is 0.363 e. The van der Waals surface area contributed by atoms with Crippen LogP contribution < -0.4 is 0 Å². The van der Waals surface area contributed by atoms with Crippen molar-refractivity contribution in [2.24, 2.45) is 28.9 Å². The van der Waals surface area contributed by atoms with E-state index >= 15 is 0 Å². The van der Waals surface area contributed by atoms with Crippen molar-refractivity contribution < 1.29 is 17.6 Å². The second-order valence-electron chi connectivity index (χ2n) is 7.65. The molecule has 4 aliphatic carbocycles. The molecule has 0 spiro atoms. The van der Waals surface area contributed by atoms with E-state index in [4.69, 9.17) is 0 Å². The first kappa shape index (κ1) is 15.9. The quantitative estimate of drug-likeness (QED) is 0.473. The number of hydroxylamine groups is 1. The monoisotopic (exact) mass is 350 g/mol. The zero-order chi connectivity index (χ0) is 16.9. The van der Waals surface area contributed by atoms with Crippen LogP contribution in [0, 0.1) is 35.8 Å². The minimum absolute atomic E-state index is 0.00957. The lowest BCUT2D eigenvalue weighted by Crippen LogP contribution is -2.51. The Hall–Kier alpha value is -1.63. The lowest BCUT2D eigenvalue weighted by Gasteiger charge is -2.51. The molecule has 24 heavy (non-hydrogen) atoms. The van der Waals surface area contributed by atoms with Gasteiger partial charge in [-0.3, -0.25) is 0 Å². The highest BCUT2D eigenvalue weighted by molar-refractivity contribution is 7.86. The Morgan fingerprint density at radius 3 is 2.12 bits per heavy atom. The molecule has 1 aromatic rings. The first-order valence-corrected chi connectivity index (χ1v) is 10.0. The SMILES string of the molecule is Cc1ccc(S(=O)(=O)ON=[N+]([O-])C2C3CC4CC(C3)CC2C4)cc1. The highest BCUT2D eigenvalue weighted by Gasteiger charge is 2.53. The molecule has 130 valence electrons. The molecule has 0 N–H and O–H groups in total. The molecule has 0 amide bonds. The number of nitrogens with zero attached hydrogens (tertiary/aromatic N) is 2. The number of aryl methyl sites for hydroxylation is 1. The highest BCUT2D eigenvalue weighted by atomic mass is 32.2. The minimum Gasteiger partial charge on any atom is -0.597 e. The molecule has 4 aliphatic rings. The summed E-state index contributed by atoms with van der Waals surface area (Å²) < 4.78 is 29.0. The van der Waals surface area contributed by atoms with E-state index in [1.807, 2.05) is 6.92 Å². The fourth-order valence-corrected chi connectivity index (χ4v) is 5.85. The molecule has 0 atom stereocenters. The highest BCUT2D eigenvalue weighted by Crippen LogP contribution is 2.54. The lowest BCUT2D eigenvalue weighted by atomic mass is 9.54. The number of rotatable bonds is 4. The Labute approximate surface area is 142 Å². The molecule has 5 rings (SSSR count). The standard InChI is InChI=1S/C17H22N2O4S/c1-11-2-4-16(5-3-11)24(21,22)23-18-19(20)17-14-7-12-6-13(9-14)10-15(17)8-12/h2-5,12-15,17H,6-10H2,1H3. The third-order valence-electron chi connectivity index (χ3n) is 5.95. The molecule has 0 saturated heterocycles. The van der Waals surface area contributed by atoms with E-state index in [1.54, 1.807) is 12.1 Å². The summed E-state index contributed by atoms with van der Waals surface area (Å²) in [6.45, 7) is 1.87. The van der Waals surface area contributed by atoms with Crippen molar-refractivity contribution in [3.63, 3.8) is 0 Å². The summed E-state index contributed by atoms with van der Waals surface area (Å²) in [5.74, 6) is 2.14. The van der Waals surface area contributed by atoms with Gasteiger partial charge in [0.15, 0.2) is 6.04 Å². The van der Waals surface area contributed by atoms with Crippen LogP contribution in [0.2, 0.25) is 0 Å². The molecule has 0 unspecified atom stereocenters. The summed E-state index contributed by atoms with van der Waals surface area (Å²) in [7, 11) is -4.04. The first-order valence-electron chi connectivity index (χ1n) is 8.60. The van der Waals surface area contributed by atoms with E-state index in [0.717, 1.165) is 43.1 Å². The van der Waals surface area contributed by atoms with Gasteiger partial charge < -0.3 is 5.21 Å². The van der Waals surface area contributed by atoms with Gasteiger partial charge in [0.1, 0.15) is 4.90 Å². The first-order chi connectivity index (χ1) is 11.4. The molecular weight excluding hydrogens is 328 g/mol. The molecule has 1 aromatic carbocycles. The molecule has 4 saturated carbocycles. The maximum absolute atomic E-state index is 12.4. The van der Waals surface area contributed by atoms with Crippen LogP contribution >= 0.6 is 0 Å². The molecular formula is C17H22N2O4S. The summed E-state index contributed by atoms with van der Waals surface area (Å²) >= 11 is 0. The Bertz CT molecular complexity index is 729. The van der Waals surface area contributed by atoms with Gasteiger partial charge in [0.05, 0.1) is 0 Å². The average molecular weight is 350 g/mol. The van der Waals surface area contributed by atoms with Crippen LogP contribution in [0.25, 0.3) is 0 Å². The molecule has 4 fully saturated rings. The van der Waals surface area contributed by atoms with Gasteiger partial charge in [0, 0.05) is 11.8 Å². The Balaban J connectivity index is 1.50. The van der Waals surface area contributed by atoms with Crippen LogP contribution in [0.5, 0.6) is 0 Å². The van der Waals surface area contributed by atoms with Crippen molar-refractivity contribution in [3.8, 4) is 0 Å². The van der Waals surface area contributed by atoms with Crippen LogP contribution in [0.4, 0.5) is 0 Å². The largest absolute Gasteiger partial charge is 0.597 e. The summed E-state index contributed by atoms with van der Waals surface area (Å²) in [6, 6.07) is 6.05.